The highest BCUT2D eigenvalue weighted by molar-refractivity contribution is 7.92. The van der Waals surface area contributed by atoms with Crippen molar-refractivity contribution >= 4 is 15.7 Å². The summed E-state index contributed by atoms with van der Waals surface area (Å²) in [4.78, 5) is 12.4. The molecule has 4 nitrogen and oxygen atoms in total. The lowest BCUT2D eigenvalue weighted by Gasteiger charge is -2.42. The summed E-state index contributed by atoms with van der Waals surface area (Å²) in [6.07, 6.45) is -13.9. The van der Waals surface area contributed by atoms with Crippen LogP contribution in [0.15, 0.2) is 47.4 Å². The summed E-state index contributed by atoms with van der Waals surface area (Å²) in [5.74, 6) is -4.14. The molecule has 0 bridgehead atoms. The summed E-state index contributed by atoms with van der Waals surface area (Å²) in [6.45, 7) is -2.92. The van der Waals surface area contributed by atoms with E-state index in [0.717, 1.165) is 24.3 Å². The van der Waals surface area contributed by atoms with E-state index >= 15 is 0 Å². The van der Waals surface area contributed by atoms with E-state index in [2.05, 4.69) is 0 Å². The number of rotatable bonds is 4. The zero-order chi connectivity index (χ0) is 30.1. The van der Waals surface area contributed by atoms with E-state index in [4.69, 9.17) is 4.11 Å². The van der Waals surface area contributed by atoms with E-state index in [-0.39, 0.29) is 42.9 Å². The number of amides is 1. The molecular weight excluding hydrogens is 534 g/mol. The van der Waals surface area contributed by atoms with Crippen molar-refractivity contribution in [2.75, 3.05) is 6.98 Å². The highest BCUT2D eigenvalue weighted by atomic mass is 32.2. The molecule has 2 aliphatic rings. The molecule has 2 aromatic rings. The zero-order valence-corrected chi connectivity index (χ0v) is 19.5. The van der Waals surface area contributed by atoms with E-state index < -0.39 is 73.6 Å². The van der Waals surface area contributed by atoms with Crippen molar-refractivity contribution in [3.63, 3.8) is 0 Å². The van der Waals surface area contributed by atoms with Crippen LogP contribution in [0.1, 0.15) is 40.1 Å². The molecule has 0 unspecified atom stereocenters. The third-order valence-corrected chi connectivity index (χ3v) is 10.0. The summed E-state index contributed by atoms with van der Waals surface area (Å²) < 4.78 is 157. The Hall–Kier alpha value is -2.70. The van der Waals surface area contributed by atoms with Gasteiger partial charge in [0.2, 0.25) is 5.91 Å². The van der Waals surface area contributed by atoms with E-state index in [9.17, 15) is 48.3 Å². The number of nitrogens with one attached hydrogen (secondary N) is 1. The maximum Gasteiger partial charge on any atom is 0.435 e. The van der Waals surface area contributed by atoms with Gasteiger partial charge in [-0.1, -0.05) is 18.2 Å². The number of hydrogen-bond acceptors (Lipinski definition) is 3. The molecule has 0 aromatic heterocycles. The molecule has 0 radical (unpaired) electrons. The van der Waals surface area contributed by atoms with Crippen molar-refractivity contribution < 1.29 is 52.4 Å². The second-order valence-electron chi connectivity index (χ2n) is 9.15. The van der Waals surface area contributed by atoms with Gasteiger partial charge in [0, 0.05) is 22.6 Å². The first-order valence-corrected chi connectivity index (χ1v) is 12.4. The molecule has 2 aliphatic carbocycles. The number of fused-ring (bicyclic) bond motifs is 3. The van der Waals surface area contributed by atoms with Gasteiger partial charge in [0.15, 0.2) is 9.84 Å². The number of benzene rings is 2. The van der Waals surface area contributed by atoms with Gasteiger partial charge in [-0.15, -0.1) is 0 Å². The Bertz CT molecular complexity index is 1410. The normalized spacial score (nSPS) is 25.9. The summed E-state index contributed by atoms with van der Waals surface area (Å²) in [5.41, 5.74) is -8.06. The van der Waals surface area contributed by atoms with Crippen molar-refractivity contribution in [1.29, 1.82) is 0 Å². The van der Waals surface area contributed by atoms with Crippen molar-refractivity contribution in [3.05, 3.63) is 65.0 Å². The molecule has 1 N–H and O–H groups in total. The molecule has 0 spiro atoms. The molecular formula is C24H21F8NO3S. The van der Waals surface area contributed by atoms with Crippen LogP contribution in [0, 0.1) is 17.7 Å². The largest absolute Gasteiger partial charge is 0.435 e. The monoisotopic (exact) mass is 558 g/mol. The van der Waals surface area contributed by atoms with Gasteiger partial charge in [0.1, 0.15) is 10.6 Å². The molecule has 0 aliphatic heterocycles. The Labute approximate surface area is 211 Å². The van der Waals surface area contributed by atoms with Gasteiger partial charge in [0.25, 0.3) is 0 Å². The molecule has 1 fully saturated rings. The fourth-order valence-electron chi connectivity index (χ4n) is 5.79. The lowest BCUT2D eigenvalue weighted by atomic mass is 9.72. The maximum absolute atomic E-state index is 14.8. The average Bonchev–Trinajstić information content (AvgIpc) is 3.23. The standard InChI is InChI=1S/C24H21F8NO3S/c1-33-20(34)17-10-11-21(37(35,36)16-6-4-15(25)5-7-16)18-9-3-14(12-13(18)2-8-19(17)21)22(26,23(27,28)29)24(30,31)32/h3-7,9,12,17,19H,2,8,10-11H2,1H3,(H,33,34)/t17-,19+,21-/m1/s1/i1D3. The lowest BCUT2D eigenvalue weighted by Crippen LogP contribution is -2.51. The highest BCUT2D eigenvalue weighted by Crippen LogP contribution is 2.60. The number of carbonyl (C=O) groups is 1. The van der Waals surface area contributed by atoms with Crippen LogP contribution in [0.2, 0.25) is 0 Å². The lowest BCUT2D eigenvalue weighted by molar-refractivity contribution is -0.348. The number of sulfone groups is 1. The van der Waals surface area contributed by atoms with Gasteiger partial charge in [-0.05, 0) is 67.0 Å². The van der Waals surface area contributed by atoms with Crippen LogP contribution in [0.25, 0.3) is 0 Å². The predicted octanol–water partition coefficient (Wildman–Crippen LogP) is 5.50. The van der Waals surface area contributed by atoms with Crippen molar-refractivity contribution in [3.8, 4) is 0 Å². The Balaban J connectivity index is 1.94. The summed E-state index contributed by atoms with van der Waals surface area (Å²) in [5, 5.41) is 1.81. The van der Waals surface area contributed by atoms with E-state index in [1.807, 2.05) is 5.32 Å². The molecule has 37 heavy (non-hydrogen) atoms. The topological polar surface area (TPSA) is 63.2 Å². The van der Waals surface area contributed by atoms with Gasteiger partial charge < -0.3 is 5.32 Å². The number of alkyl halides is 7. The quantitative estimate of drug-likeness (QED) is 0.398. The average molecular weight is 559 g/mol. The molecule has 4 rings (SSSR count). The van der Waals surface area contributed by atoms with Crippen molar-refractivity contribution in [2.45, 2.75) is 53.3 Å². The van der Waals surface area contributed by atoms with Gasteiger partial charge >= 0.3 is 18.0 Å². The fourth-order valence-corrected chi connectivity index (χ4v) is 8.26. The van der Waals surface area contributed by atoms with E-state index in [1.165, 1.54) is 0 Å². The Kier molecular flexibility index (Phi) is 5.49. The number of halogens is 8. The Morgan fingerprint density at radius 1 is 1.00 bits per heavy atom. The van der Waals surface area contributed by atoms with E-state index in [1.54, 1.807) is 0 Å². The molecule has 0 heterocycles. The fraction of sp³-hybridized carbons (Fsp3) is 0.458. The summed E-state index contributed by atoms with van der Waals surface area (Å²) in [6, 6.07) is 4.77. The highest BCUT2D eigenvalue weighted by Gasteiger charge is 2.73. The molecule has 202 valence electrons. The van der Waals surface area contributed by atoms with Gasteiger partial charge in [0.05, 0.1) is 4.90 Å². The van der Waals surface area contributed by atoms with Crippen LogP contribution in [0.4, 0.5) is 35.1 Å². The molecule has 0 saturated heterocycles. The minimum Gasteiger partial charge on any atom is -0.359 e. The second-order valence-corrected chi connectivity index (χ2v) is 11.4. The first-order chi connectivity index (χ1) is 18.2. The minimum atomic E-state index is -6.39. The first kappa shape index (κ1) is 23.4. The maximum atomic E-state index is 14.8. The number of aryl methyl sites for hydroxylation is 1. The molecule has 13 heteroatoms. The van der Waals surface area contributed by atoms with Crippen LogP contribution < -0.4 is 5.32 Å². The zero-order valence-electron chi connectivity index (χ0n) is 21.7. The van der Waals surface area contributed by atoms with Gasteiger partial charge in [-0.25, -0.2) is 17.2 Å². The molecule has 3 atom stereocenters. The predicted molar refractivity (Wildman–Crippen MR) is 115 cm³/mol. The van der Waals surface area contributed by atoms with Crippen LogP contribution in [-0.4, -0.2) is 33.7 Å². The van der Waals surface area contributed by atoms with Crippen molar-refractivity contribution in [2.24, 2.45) is 11.8 Å². The minimum absolute atomic E-state index is 0.188. The molecule has 2 aromatic carbocycles. The second kappa shape index (κ2) is 8.67. The molecule has 1 saturated carbocycles. The third-order valence-electron chi connectivity index (χ3n) is 7.44. The Morgan fingerprint density at radius 2 is 1.62 bits per heavy atom. The summed E-state index contributed by atoms with van der Waals surface area (Å²) in [7, 11) is -4.63. The van der Waals surface area contributed by atoms with Crippen LogP contribution in [-0.2, 0) is 31.5 Å². The number of carbonyl (C=O) groups excluding carboxylic acids is 1. The summed E-state index contributed by atoms with van der Waals surface area (Å²) >= 11 is 0. The van der Waals surface area contributed by atoms with Crippen LogP contribution >= 0.6 is 0 Å². The molecule has 1 amide bonds. The van der Waals surface area contributed by atoms with Crippen LogP contribution in [0.3, 0.4) is 0 Å². The first-order valence-electron chi connectivity index (χ1n) is 12.5. The van der Waals surface area contributed by atoms with E-state index in [0.29, 0.717) is 12.1 Å². The Morgan fingerprint density at radius 3 is 2.19 bits per heavy atom. The van der Waals surface area contributed by atoms with Crippen molar-refractivity contribution in [1.82, 2.24) is 5.32 Å². The smallest absolute Gasteiger partial charge is 0.359 e. The number of hydrogen-bond donors (Lipinski definition) is 1. The SMILES string of the molecule is [2H]C([2H])([2H])NC(=O)[C@@H]1CC[C@@]2(S(=O)(=O)c3ccc(F)cc3)c3ccc(C(F)(C(F)(F)F)C(F)(F)F)cc3CC[C@@H]12. The van der Waals surface area contributed by atoms with Crippen LogP contribution in [0.5, 0.6) is 0 Å². The third kappa shape index (κ3) is 3.83. The van der Waals surface area contributed by atoms with Gasteiger partial charge in [-0.2, -0.15) is 26.3 Å². The van der Waals surface area contributed by atoms with Gasteiger partial charge in [-0.3, -0.25) is 4.79 Å².